The van der Waals surface area contributed by atoms with E-state index in [9.17, 15) is 36.5 Å². The summed E-state index contributed by atoms with van der Waals surface area (Å²) in [5, 5.41) is 28.2. The Bertz CT molecular complexity index is 903. The molecule has 0 bridgehead atoms. The van der Waals surface area contributed by atoms with Crippen LogP contribution >= 0.6 is 31.9 Å². The third kappa shape index (κ3) is 5.89. The van der Waals surface area contributed by atoms with E-state index < -0.39 is 50.1 Å². The molecule has 4 N–H and O–H groups in total. The van der Waals surface area contributed by atoms with Gasteiger partial charge in [-0.15, -0.1) is 0 Å². The summed E-state index contributed by atoms with van der Waals surface area (Å²) in [5.74, 6) is -1.59. The van der Waals surface area contributed by atoms with Gasteiger partial charge in [0, 0.05) is 21.1 Å². The van der Waals surface area contributed by atoms with E-state index in [0.29, 0.717) is 18.2 Å². The standard InChI is InChI=1S/C7H3BrF3NO3.C7H5BrF3NO/c8-4-2-5(12(14)15)6(13)1-3(4)7(9,10)11;8-4-2-5(12)6(13)1-3(4)7(9,10)11/h1-2,13H;1-2,13H,12H2. The van der Waals surface area contributed by atoms with Crippen LogP contribution in [0.1, 0.15) is 11.1 Å². The Morgan fingerprint density at radius 2 is 1.25 bits per heavy atom. The van der Waals surface area contributed by atoms with Crippen molar-refractivity contribution in [2.75, 3.05) is 5.73 Å². The van der Waals surface area contributed by atoms with Gasteiger partial charge in [-0.3, -0.25) is 10.1 Å². The normalized spacial score (nSPS) is 11.6. The third-order valence-electron chi connectivity index (χ3n) is 2.99. The molecule has 6 nitrogen and oxygen atoms in total. The SMILES string of the molecule is Nc1cc(Br)c(C(F)(F)F)cc1O.O=[N+]([O-])c1cc(Br)c(C(F)(F)F)cc1O. The average Bonchev–Trinajstić information content (AvgIpc) is 2.51. The molecule has 0 heterocycles. The molecule has 28 heavy (non-hydrogen) atoms. The number of hydrogen-bond acceptors (Lipinski definition) is 5. The molecule has 0 aromatic heterocycles. The minimum absolute atomic E-state index is 0.0973. The van der Waals surface area contributed by atoms with Gasteiger partial charge < -0.3 is 15.9 Å². The van der Waals surface area contributed by atoms with Gasteiger partial charge in [-0.1, -0.05) is 15.9 Å². The van der Waals surface area contributed by atoms with E-state index in [0.717, 1.165) is 6.07 Å². The highest BCUT2D eigenvalue weighted by molar-refractivity contribution is 9.10. The maximum Gasteiger partial charge on any atom is 0.417 e. The van der Waals surface area contributed by atoms with Gasteiger partial charge in [-0.2, -0.15) is 26.3 Å². The molecule has 0 radical (unpaired) electrons. The first-order chi connectivity index (χ1) is 12.6. The van der Waals surface area contributed by atoms with E-state index in [1.54, 1.807) is 0 Å². The fourth-order valence-electron chi connectivity index (χ4n) is 1.71. The number of nitro benzene ring substituents is 1. The molecule has 0 aliphatic rings. The number of anilines is 1. The van der Waals surface area contributed by atoms with E-state index in [-0.39, 0.29) is 10.2 Å². The van der Waals surface area contributed by atoms with Crippen LogP contribution in [0.2, 0.25) is 0 Å². The molecule has 154 valence electrons. The zero-order valence-corrected chi connectivity index (χ0v) is 16.2. The molecule has 0 atom stereocenters. The molecule has 0 aliphatic heterocycles. The maximum atomic E-state index is 12.3. The molecule has 0 saturated carbocycles. The predicted octanol–water partition coefficient (Wildman–Crippen LogP) is 5.84. The second-order valence-corrected chi connectivity index (χ2v) is 6.67. The van der Waals surface area contributed by atoms with Crippen LogP contribution in [0.25, 0.3) is 0 Å². The molecule has 0 spiro atoms. The van der Waals surface area contributed by atoms with Gasteiger partial charge in [0.15, 0.2) is 5.75 Å². The van der Waals surface area contributed by atoms with Crippen molar-refractivity contribution in [2.45, 2.75) is 12.4 Å². The summed E-state index contributed by atoms with van der Waals surface area (Å²) in [4.78, 5) is 9.31. The quantitative estimate of drug-likeness (QED) is 0.138. The lowest BCUT2D eigenvalue weighted by Crippen LogP contribution is -2.06. The van der Waals surface area contributed by atoms with Crippen LogP contribution in [-0.2, 0) is 12.4 Å². The molecule has 2 aromatic carbocycles. The Morgan fingerprint density at radius 1 is 0.857 bits per heavy atom. The van der Waals surface area contributed by atoms with Crippen molar-refractivity contribution in [1.29, 1.82) is 0 Å². The number of phenols is 2. The van der Waals surface area contributed by atoms with E-state index in [1.165, 1.54) is 0 Å². The largest absolute Gasteiger partial charge is 0.506 e. The van der Waals surface area contributed by atoms with Crippen molar-refractivity contribution >= 4 is 43.2 Å². The Balaban J connectivity index is 0.000000283. The minimum Gasteiger partial charge on any atom is -0.506 e. The molecule has 14 heteroatoms. The first-order valence-corrected chi connectivity index (χ1v) is 8.23. The zero-order chi connectivity index (χ0) is 22.0. The van der Waals surface area contributed by atoms with E-state index >= 15 is 0 Å². The molecular weight excluding hydrogens is 534 g/mol. The van der Waals surface area contributed by atoms with Crippen molar-refractivity contribution in [3.05, 3.63) is 54.5 Å². The summed E-state index contributed by atoms with van der Waals surface area (Å²) in [6.07, 6.45) is -9.17. The highest BCUT2D eigenvalue weighted by atomic mass is 79.9. The highest BCUT2D eigenvalue weighted by Crippen LogP contribution is 2.41. The molecule has 0 saturated heterocycles. The number of halogens is 8. The Hall–Kier alpha value is -2.22. The molecule has 2 aromatic rings. The Kier molecular flexibility index (Phi) is 7.17. The maximum absolute atomic E-state index is 12.3. The van der Waals surface area contributed by atoms with E-state index in [2.05, 4.69) is 31.9 Å². The first-order valence-electron chi connectivity index (χ1n) is 6.65. The van der Waals surface area contributed by atoms with Crippen molar-refractivity contribution in [2.24, 2.45) is 0 Å². The topological polar surface area (TPSA) is 110 Å². The summed E-state index contributed by atoms with van der Waals surface area (Å²) < 4.78 is 72.6. The van der Waals surface area contributed by atoms with Gasteiger partial charge in [0.2, 0.25) is 0 Å². The van der Waals surface area contributed by atoms with Gasteiger partial charge in [-0.25, -0.2) is 0 Å². The lowest BCUT2D eigenvalue weighted by Gasteiger charge is -2.10. The van der Waals surface area contributed by atoms with Crippen molar-refractivity contribution in [3.63, 3.8) is 0 Å². The number of nitrogens with two attached hydrogens (primary N) is 1. The average molecular weight is 542 g/mol. The van der Waals surface area contributed by atoms with Gasteiger partial charge >= 0.3 is 18.0 Å². The second-order valence-electron chi connectivity index (χ2n) is 4.96. The second kappa shape index (κ2) is 8.43. The van der Waals surface area contributed by atoms with Crippen molar-refractivity contribution in [1.82, 2.24) is 0 Å². The molecule has 0 unspecified atom stereocenters. The molecular formula is C14H8Br2F6N2O4. The Morgan fingerprint density at radius 3 is 1.64 bits per heavy atom. The number of rotatable bonds is 1. The molecule has 0 aliphatic carbocycles. The number of nitrogens with zero attached hydrogens (tertiary/aromatic N) is 1. The predicted molar refractivity (Wildman–Crippen MR) is 92.7 cm³/mol. The van der Waals surface area contributed by atoms with Gasteiger partial charge in [-0.05, 0) is 28.1 Å². The molecule has 0 fully saturated rings. The number of nitro groups is 1. The first kappa shape index (κ1) is 23.8. The summed E-state index contributed by atoms with van der Waals surface area (Å²) in [6.45, 7) is 0. The van der Waals surface area contributed by atoms with Crippen LogP contribution in [0.5, 0.6) is 11.5 Å². The summed E-state index contributed by atoms with van der Waals surface area (Å²) in [6, 6.07) is 2.51. The Labute approximate surface area is 169 Å². The summed E-state index contributed by atoms with van der Waals surface area (Å²) >= 11 is 5.26. The highest BCUT2D eigenvalue weighted by Gasteiger charge is 2.35. The monoisotopic (exact) mass is 540 g/mol. The number of benzene rings is 2. The van der Waals surface area contributed by atoms with Gasteiger partial charge in [0.25, 0.3) is 0 Å². The van der Waals surface area contributed by atoms with Crippen LogP contribution in [0.3, 0.4) is 0 Å². The summed E-state index contributed by atoms with van der Waals surface area (Å²) in [7, 11) is 0. The van der Waals surface area contributed by atoms with Gasteiger partial charge in [0.05, 0.1) is 21.7 Å². The van der Waals surface area contributed by atoms with Crippen LogP contribution in [-0.4, -0.2) is 15.1 Å². The fourth-order valence-corrected chi connectivity index (χ4v) is 2.85. The number of hydrogen-bond donors (Lipinski definition) is 3. The van der Waals surface area contributed by atoms with Crippen LogP contribution in [0.15, 0.2) is 33.2 Å². The van der Waals surface area contributed by atoms with Crippen molar-refractivity contribution in [3.8, 4) is 11.5 Å². The summed E-state index contributed by atoms with van der Waals surface area (Å²) in [5.41, 5.74) is 2.20. The lowest BCUT2D eigenvalue weighted by molar-refractivity contribution is -0.386. The van der Waals surface area contributed by atoms with Crippen molar-refractivity contribution < 1.29 is 41.5 Å². The van der Waals surface area contributed by atoms with Gasteiger partial charge in [0.1, 0.15) is 5.75 Å². The van der Waals surface area contributed by atoms with E-state index in [4.69, 9.17) is 15.9 Å². The fraction of sp³-hybridized carbons (Fsp3) is 0.143. The van der Waals surface area contributed by atoms with E-state index in [1.807, 2.05) is 0 Å². The molecule has 0 amide bonds. The number of phenolic OH excluding ortho intramolecular Hbond substituents is 2. The smallest absolute Gasteiger partial charge is 0.417 e. The zero-order valence-electron chi connectivity index (χ0n) is 13.1. The number of aromatic hydroxyl groups is 2. The van der Waals surface area contributed by atoms with Crippen LogP contribution in [0, 0.1) is 10.1 Å². The third-order valence-corrected chi connectivity index (χ3v) is 4.30. The molecule has 2 rings (SSSR count). The van der Waals surface area contributed by atoms with Crippen LogP contribution in [0.4, 0.5) is 37.7 Å². The minimum atomic E-state index is -4.68. The number of nitrogen functional groups attached to an aromatic ring is 1. The number of alkyl halides is 6. The lowest BCUT2D eigenvalue weighted by atomic mass is 10.2. The van der Waals surface area contributed by atoms with Crippen LogP contribution < -0.4 is 5.73 Å².